The predicted molar refractivity (Wildman–Crippen MR) is 149 cm³/mol. The van der Waals surface area contributed by atoms with Crippen LogP contribution in [0, 0.1) is 0 Å². The fraction of sp³-hybridized carbons (Fsp3) is 0.571. The lowest BCUT2D eigenvalue weighted by Gasteiger charge is -2.30. The average molecular weight is 581 g/mol. The van der Waals surface area contributed by atoms with Crippen LogP contribution >= 0.6 is 11.6 Å². The van der Waals surface area contributed by atoms with Gasteiger partial charge in [0, 0.05) is 17.5 Å². The van der Waals surface area contributed by atoms with Crippen molar-refractivity contribution in [1.29, 1.82) is 0 Å². The molecule has 1 unspecified atom stereocenters. The first-order valence-corrected chi connectivity index (χ1v) is 14.6. The second kappa shape index (κ2) is 11.3. The van der Waals surface area contributed by atoms with Crippen LogP contribution < -0.4 is 18.9 Å². The van der Waals surface area contributed by atoms with E-state index in [0.29, 0.717) is 34.1 Å². The fourth-order valence-electron chi connectivity index (χ4n) is 4.10. The van der Waals surface area contributed by atoms with Gasteiger partial charge in [-0.25, -0.2) is 13.9 Å². The minimum atomic E-state index is -1.47. The number of pyridine rings is 1. The summed E-state index contributed by atoms with van der Waals surface area (Å²) in [6.45, 7) is 9.29. The number of halogens is 1. The first-order chi connectivity index (χ1) is 18.2. The van der Waals surface area contributed by atoms with Crippen LogP contribution in [-0.4, -0.2) is 55.9 Å². The molecule has 214 valence electrons. The van der Waals surface area contributed by atoms with Crippen molar-refractivity contribution < 1.29 is 33.4 Å². The maximum Gasteiger partial charge on any atom is 0.171 e. The first kappa shape index (κ1) is 29.7. The summed E-state index contributed by atoms with van der Waals surface area (Å²) in [5, 5.41) is 20.6. The van der Waals surface area contributed by atoms with Crippen molar-refractivity contribution in [2.45, 2.75) is 82.3 Å². The van der Waals surface area contributed by atoms with Gasteiger partial charge in [0.1, 0.15) is 18.8 Å². The Kier molecular flexibility index (Phi) is 8.64. The fourth-order valence-corrected chi connectivity index (χ4v) is 5.24. The van der Waals surface area contributed by atoms with Crippen molar-refractivity contribution in [3.05, 3.63) is 46.2 Å². The molecular weight excluding hydrogens is 544 g/mol. The molecule has 4 rings (SSSR count). The molecular formula is C28H37ClN2O7S. The summed E-state index contributed by atoms with van der Waals surface area (Å²) in [7, 11) is -1.38. The zero-order chi connectivity index (χ0) is 28.6. The molecule has 1 aromatic carbocycles. The predicted octanol–water partition coefficient (Wildman–Crippen LogP) is 4.18. The molecule has 0 saturated heterocycles. The van der Waals surface area contributed by atoms with Crippen molar-refractivity contribution in [2.75, 3.05) is 19.8 Å². The largest absolute Gasteiger partial charge is 0.488 e. The minimum absolute atomic E-state index is 0.0448. The molecule has 1 saturated carbocycles. The minimum Gasteiger partial charge on any atom is -0.488 e. The molecule has 11 heteroatoms. The number of ether oxygens (including phenoxy) is 3. The van der Waals surface area contributed by atoms with E-state index in [-0.39, 0.29) is 49.7 Å². The van der Waals surface area contributed by atoms with Gasteiger partial charge in [-0.05, 0) is 78.1 Å². The quantitative estimate of drug-likeness (QED) is 0.252. The molecule has 1 fully saturated rings. The Hall–Kier alpha value is -2.24. The maximum absolute atomic E-state index is 13.1. The smallest absolute Gasteiger partial charge is 0.171 e. The number of carbonyl (C=O) groups excluding carboxylic acids is 1. The number of fused-ring (bicyclic) bond motifs is 1. The van der Waals surface area contributed by atoms with Gasteiger partial charge in [-0.2, -0.15) is 0 Å². The molecule has 0 spiro atoms. The van der Waals surface area contributed by atoms with Gasteiger partial charge >= 0.3 is 0 Å². The maximum atomic E-state index is 13.1. The van der Waals surface area contributed by atoms with Gasteiger partial charge in [0.2, 0.25) is 0 Å². The van der Waals surface area contributed by atoms with E-state index in [0.717, 1.165) is 12.8 Å². The molecule has 1 aliphatic carbocycles. The molecule has 2 aromatic rings. The van der Waals surface area contributed by atoms with Gasteiger partial charge in [0.25, 0.3) is 0 Å². The SMILES string of the molecule is CC(C)(C)S(=O)N[C@]1(C)COc2c1cc([C@](C)(O)CCC(=O)c1ccc(OCCO)c(OC3CC3)c1)nc2Cl. The van der Waals surface area contributed by atoms with Gasteiger partial charge < -0.3 is 24.4 Å². The summed E-state index contributed by atoms with van der Waals surface area (Å²) in [4.78, 5) is 17.5. The highest BCUT2D eigenvalue weighted by Crippen LogP contribution is 2.44. The third-order valence-corrected chi connectivity index (χ3v) is 8.73. The summed E-state index contributed by atoms with van der Waals surface area (Å²) >= 11 is 6.45. The van der Waals surface area contributed by atoms with Crippen LogP contribution in [-0.2, 0) is 22.1 Å². The highest BCUT2D eigenvalue weighted by molar-refractivity contribution is 7.84. The molecule has 0 bridgehead atoms. The molecule has 39 heavy (non-hydrogen) atoms. The number of nitrogens with zero attached hydrogens (tertiary/aromatic N) is 1. The second-order valence-electron chi connectivity index (χ2n) is 11.5. The van der Waals surface area contributed by atoms with Gasteiger partial charge in [-0.15, -0.1) is 0 Å². The number of nitrogens with one attached hydrogen (secondary N) is 1. The normalized spacial score (nSPS) is 21.0. The highest BCUT2D eigenvalue weighted by Gasteiger charge is 2.43. The third-order valence-electron chi connectivity index (χ3n) is 6.73. The number of benzene rings is 1. The number of aliphatic hydroxyl groups excluding tert-OH is 1. The summed E-state index contributed by atoms with van der Waals surface area (Å²) in [6.07, 6.45) is 2.14. The number of rotatable bonds is 12. The number of hydrogen-bond donors (Lipinski definition) is 3. The summed E-state index contributed by atoms with van der Waals surface area (Å²) < 4.78 is 32.8. The van der Waals surface area contributed by atoms with E-state index in [2.05, 4.69) is 9.71 Å². The molecule has 3 N–H and O–H groups in total. The van der Waals surface area contributed by atoms with Gasteiger partial charge in [-0.3, -0.25) is 4.79 Å². The first-order valence-electron chi connectivity index (χ1n) is 13.1. The van der Waals surface area contributed by atoms with E-state index < -0.39 is 26.9 Å². The van der Waals surface area contributed by atoms with Crippen molar-refractivity contribution in [3.63, 3.8) is 0 Å². The van der Waals surface area contributed by atoms with Crippen LogP contribution in [0.3, 0.4) is 0 Å². The van der Waals surface area contributed by atoms with Crippen LogP contribution in [0.2, 0.25) is 5.15 Å². The number of hydrogen-bond acceptors (Lipinski definition) is 8. The number of carbonyl (C=O) groups is 1. The molecule has 0 radical (unpaired) electrons. The Balaban J connectivity index is 1.51. The van der Waals surface area contributed by atoms with E-state index in [1.165, 1.54) is 0 Å². The standard InChI is InChI=1S/C28H37ClN2O7S/c1-26(2,3)39(35)31-27(4)16-37-24-19(27)15-23(30-25(24)29)28(5,34)11-10-20(33)17-6-9-21(36-13-12-32)22(14-17)38-18-7-8-18/h6,9,14-15,18,31-32,34H,7-8,10-13,16H2,1-5H3/t27-,28-,39?/m1/s1. The van der Waals surface area contributed by atoms with Gasteiger partial charge in [-0.1, -0.05) is 11.6 Å². The number of ketones is 1. The molecule has 1 aromatic heterocycles. The van der Waals surface area contributed by atoms with E-state index in [1.807, 2.05) is 27.7 Å². The van der Waals surface area contributed by atoms with Crippen LogP contribution in [0.25, 0.3) is 0 Å². The van der Waals surface area contributed by atoms with Gasteiger partial charge in [0.15, 0.2) is 28.2 Å². The number of aliphatic hydroxyl groups is 2. The van der Waals surface area contributed by atoms with Crippen molar-refractivity contribution in [1.82, 2.24) is 9.71 Å². The molecule has 0 amide bonds. The van der Waals surface area contributed by atoms with Crippen molar-refractivity contribution >= 4 is 28.4 Å². The van der Waals surface area contributed by atoms with E-state index in [1.54, 1.807) is 31.2 Å². The van der Waals surface area contributed by atoms with Gasteiger partial charge in [0.05, 0.1) is 39.7 Å². The van der Waals surface area contributed by atoms with Crippen molar-refractivity contribution in [2.24, 2.45) is 0 Å². The third kappa shape index (κ3) is 6.92. The van der Waals surface area contributed by atoms with Crippen LogP contribution in [0.15, 0.2) is 24.3 Å². The Morgan fingerprint density at radius 2 is 1.97 bits per heavy atom. The molecule has 3 atom stereocenters. The topological polar surface area (TPSA) is 127 Å². The molecule has 1 aliphatic heterocycles. The number of Topliss-reactive ketones (excluding diaryl/α,β-unsaturated/α-hetero) is 1. The monoisotopic (exact) mass is 580 g/mol. The Morgan fingerprint density at radius 1 is 1.26 bits per heavy atom. The number of aromatic nitrogens is 1. The Morgan fingerprint density at radius 3 is 2.62 bits per heavy atom. The van der Waals surface area contributed by atoms with Crippen LogP contribution in [0.4, 0.5) is 0 Å². The summed E-state index contributed by atoms with van der Waals surface area (Å²) in [5.74, 6) is 1.16. The Bertz CT molecular complexity index is 1260. The molecule has 9 nitrogen and oxygen atoms in total. The zero-order valence-corrected chi connectivity index (χ0v) is 24.6. The molecule has 2 heterocycles. The summed E-state index contributed by atoms with van der Waals surface area (Å²) in [5.41, 5.74) is -0.893. The highest BCUT2D eigenvalue weighted by atomic mass is 35.5. The van der Waals surface area contributed by atoms with Crippen molar-refractivity contribution in [3.8, 4) is 17.2 Å². The van der Waals surface area contributed by atoms with Crippen LogP contribution in [0.1, 0.15) is 81.9 Å². The van der Waals surface area contributed by atoms with Crippen LogP contribution in [0.5, 0.6) is 17.2 Å². The Labute approximate surface area is 236 Å². The molecule has 2 aliphatic rings. The van der Waals surface area contributed by atoms with E-state index in [4.69, 9.17) is 30.9 Å². The van der Waals surface area contributed by atoms with E-state index >= 15 is 0 Å². The lowest BCUT2D eigenvalue weighted by molar-refractivity contribution is 0.0395. The van der Waals surface area contributed by atoms with E-state index in [9.17, 15) is 14.1 Å². The average Bonchev–Trinajstić information content (AvgIpc) is 3.62. The zero-order valence-electron chi connectivity index (χ0n) is 23.0. The summed E-state index contributed by atoms with van der Waals surface area (Å²) in [6, 6.07) is 6.67. The lowest BCUT2D eigenvalue weighted by atomic mass is 9.89. The lowest BCUT2D eigenvalue weighted by Crippen LogP contribution is -2.47. The second-order valence-corrected chi connectivity index (χ2v) is 13.9.